The summed E-state index contributed by atoms with van der Waals surface area (Å²) in [6, 6.07) is 16.1. The lowest BCUT2D eigenvalue weighted by Gasteiger charge is -2.09. The Balaban J connectivity index is 1.95. The zero-order valence-electron chi connectivity index (χ0n) is 11.8. The Morgan fingerprint density at radius 3 is 2.55 bits per heavy atom. The summed E-state index contributed by atoms with van der Waals surface area (Å²) < 4.78 is 5.13. The summed E-state index contributed by atoms with van der Waals surface area (Å²) in [6.07, 6.45) is 0.906. The average molecular weight is 266 g/mol. The molecule has 0 aliphatic heterocycles. The second kappa shape index (κ2) is 6.63. The predicted octanol–water partition coefficient (Wildman–Crippen LogP) is 3.53. The molecule has 0 heterocycles. The van der Waals surface area contributed by atoms with Crippen molar-refractivity contribution in [2.24, 2.45) is 0 Å². The van der Waals surface area contributed by atoms with Crippen molar-refractivity contribution in [2.45, 2.75) is 13.3 Å². The second-order valence-electron chi connectivity index (χ2n) is 4.69. The molecule has 0 aliphatic rings. The molecule has 0 atom stereocenters. The Hall–Kier alpha value is -2.47. The molecule has 0 radical (unpaired) electrons. The van der Waals surface area contributed by atoms with E-state index in [0.29, 0.717) is 5.56 Å². The van der Waals surface area contributed by atoms with Crippen molar-refractivity contribution in [1.29, 1.82) is 5.26 Å². The summed E-state index contributed by atoms with van der Waals surface area (Å²) in [6.45, 7) is 2.82. The molecule has 0 spiro atoms. The third-order valence-corrected chi connectivity index (χ3v) is 3.18. The number of nitrogens with zero attached hydrogens (tertiary/aromatic N) is 1. The zero-order chi connectivity index (χ0) is 14.4. The molecule has 0 fully saturated rings. The van der Waals surface area contributed by atoms with Gasteiger partial charge in [-0.25, -0.2) is 0 Å². The Labute approximate surface area is 119 Å². The van der Waals surface area contributed by atoms with E-state index in [9.17, 15) is 0 Å². The fourth-order valence-corrected chi connectivity index (χ4v) is 2.04. The van der Waals surface area contributed by atoms with Crippen LogP contribution in [0.15, 0.2) is 42.5 Å². The third-order valence-electron chi connectivity index (χ3n) is 3.18. The molecule has 0 aromatic heterocycles. The minimum atomic E-state index is 0.685. The van der Waals surface area contributed by atoms with Gasteiger partial charge in [-0.15, -0.1) is 0 Å². The molecule has 2 aromatic rings. The summed E-state index contributed by atoms with van der Waals surface area (Å²) in [5.41, 5.74) is 3.98. The van der Waals surface area contributed by atoms with E-state index in [-0.39, 0.29) is 0 Å². The molecule has 102 valence electrons. The van der Waals surface area contributed by atoms with Gasteiger partial charge in [-0.05, 0) is 48.7 Å². The maximum absolute atomic E-state index is 9.08. The molecular formula is C17H18N2O. The SMILES string of the molecule is COc1ccc(CCNc2cc(C)ccc2C#N)cc1. The lowest BCUT2D eigenvalue weighted by atomic mass is 10.1. The first-order valence-electron chi connectivity index (χ1n) is 6.60. The van der Waals surface area contributed by atoms with Crippen molar-refractivity contribution < 1.29 is 4.74 Å². The van der Waals surface area contributed by atoms with Crippen LogP contribution in [0.2, 0.25) is 0 Å². The van der Waals surface area contributed by atoms with Gasteiger partial charge in [0.25, 0.3) is 0 Å². The molecule has 0 aliphatic carbocycles. The molecule has 0 saturated heterocycles. The molecule has 0 saturated carbocycles. The van der Waals surface area contributed by atoms with Crippen molar-refractivity contribution in [3.8, 4) is 11.8 Å². The van der Waals surface area contributed by atoms with Gasteiger partial charge >= 0.3 is 0 Å². The maximum atomic E-state index is 9.08. The van der Waals surface area contributed by atoms with Crippen LogP contribution < -0.4 is 10.1 Å². The fraction of sp³-hybridized carbons (Fsp3) is 0.235. The van der Waals surface area contributed by atoms with E-state index in [2.05, 4.69) is 23.5 Å². The first-order valence-corrected chi connectivity index (χ1v) is 6.60. The molecule has 0 amide bonds. The summed E-state index contributed by atoms with van der Waals surface area (Å²) in [4.78, 5) is 0. The maximum Gasteiger partial charge on any atom is 0.118 e. The lowest BCUT2D eigenvalue weighted by molar-refractivity contribution is 0.414. The van der Waals surface area contributed by atoms with Crippen LogP contribution >= 0.6 is 0 Å². The minimum absolute atomic E-state index is 0.685. The molecule has 3 nitrogen and oxygen atoms in total. The van der Waals surface area contributed by atoms with Gasteiger partial charge in [0.05, 0.1) is 18.4 Å². The molecule has 20 heavy (non-hydrogen) atoms. The van der Waals surface area contributed by atoms with Gasteiger partial charge in [-0.1, -0.05) is 18.2 Å². The highest BCUT2D eigenvalue weighted by Crippen LogP contribution is 2.17. The summed E-state index contributed by atoms with van der Waals surface area (Å²) in [7, 11) is 1.66. The number of aryl methyl sites for hydroxylation is 1. The molecule has 0 bridgehead atoms. The van der Waals surface area contributed by atoms with Crippen molar-refractivity contribution in [3.63, 3.8) is 0 Å². The van der Waals surface area contributed by atoms with Gasteiger partial charge in [0.15, 0.2) is 0 Å². The Kier molecular flexibility index (Phi) is 4.62. The Morgan fingerprint density at radius 1 is 1.15 bits per heavy atom. The highest BCUT2D eigenvalue weighted by Gasteiger charge is 2.01. The Morgan fingerprint density at radius 2 is 1.90 bits per heavy atom. The number of nitrogens with one attached hydrogen (secondary N) is 1. The number of benzene rings is 2. The van der Waals surface area contributed by atoms with Gasteiger partial charge in [0.1, 0.15) is 11.8 Å². The van der Waals surface area contributed by atoms with Crippen LogP contribution in [0, 0.1) is 18.3 Å². The largest absolute Gasteiger partial charge is 0.497 e. The summed E-state index contributed by atoms with van der Waals surface area (Å²) in [5.74, 6) is 0.868. The Bertz CT molecular complexity index is 612. The first-order chi connectivity index (χ1) is 9.72. The van der Waals surface area contributed by atoms with Crippen LogP contribution in [0.3, 0.4) is 0 Å². The lowest BCUT2D eigenvalue weighted by Crippen LogP contribution is -2.06. The molecule has 2 rings (SSSR count). The number of nitriles is 1. The fourth-order valence-electron chi connectivity index (χ4n) is 2.04. The van der Waals surface area contributed by atoms with Crippen LogP contribution in [0.4, 0.5) is 5.69 Å². The summed E-state index contributed by atoms with van der Waals surface area (Å²) >= 11 is 0. The van der Waals surface area contributed by atoms with E-state index in [1.165, 1.54) is 5.56 Å². The van der Waals surface area contributed by atoms with E-state index in [1.54, 1.807) is 7.11 Å². The normalized spacial score (nSPS) is 9.85. The molecule has 1 N–H and O–H groups in total. The predicted molar refractivity (Wildman–Crippen MR) is 81.1 cm³/mol. The first kappa shape index (κ1) is 14.0. The smallest absolute Gasteiger partial charge is 0.118 e. The number of methoxy groups -OCH3 is 1. The van der Waals surface area contributed by atoms with E-state index >= 15 is 0 Å². The van der Waals surface area contributed by atoms with Gasteiger partial charge in [-0.2, -0.15) is 5.26 Å². The topological polar surface area (TPSA) is 45.0 Å². The van der Waals surface area contributed by atoms with Crippen LogP contribution in [0.1, 0.15) is 16.7 Å². The van der Waals surface area contributed by atoms with Crippen molar-refractivity contribution in [2.75, 3.05) is 19.0 Å². The van der Waals surface area contributed by atoms with Gasteiger partial charge in [-0.3, -0.25) is 0 Å². The monoisotopic (exact) mass is 266 g/mol. The summed E-state index contributed by atoms with van der Waals surface area (Å²) in [5, 5.41) is 12.4. The van der Waals surface area contributed by atoms with Gasteiger partial charge in [0.2, 0.25) is 0 Å². The van der Waals surface area contributed by atoms with Crippen LogP contribution in [0.5, 0.6) is 5.75 Å². The zero-order valence-corrected chi connectivity index (χ0v) is 11.8. The van der Waals surface area contributed by atoms with E-state index in [0.717, 1.165) is 30.0 Å². The quantitative estimate of drug-likeness (QED) is 0.900. The number of anilines is 1. The molecule has 0 unspecified atom stereocenters. The van der Waals surface area contributed by atoms with Crippen LogP contribution in [-0.4, -0.2) is 13.7 Å². The number of rotatable bonds is 5. The van der Waals surface area contributed by atoms with E-state index < -0.39 is 0 Å². The average Bonchev–Trinajstić information content (AvgIpc) is 2.48. The molecule has 2 aromatic carbocycles. The van der Waals surface area contributed by atoms with Crippen molar-refractivity contribution in [1.82, 2.24) is 0 Å². The molecule has 3 heteroatoms. The third kappa shape index (κ3) is 3.52. The van der Waals surface area contributed by atoms with E-state index in [1.807, 2.05) is 37.3 Å². The van der Waals surface area contributed by atoms with Crippen molar-refractivity contribution in [3.05, 3.63) is 59.2 Å². The molecular weight excluding hydrogens is 248 g/mol. The minimum Gasteiger partial charge on any atom is -0.497 e. The second-order valence-corrected chi connectivity index (χ2v) is 4.69. The van der Waals surface area contributed by atoms with Gasteiger partial charge < -0.3 is 10.1 Å². The number of hydrogen-bond donors (Lipinski definition) is 1. The number of ether oxygens (including phenoxy) is 1. The highest BCUT2D eigenvalue weighted by atomic mass is 16.5. The highest BCUT2D eigenvalue weighted by molar-refractivity contribution is 5.58. The van der Waals surface area contributed by atoms with Crippen LogP contribution in [-0.2, 0) is 6.42 Å². The van der Waals surface area contributed by atoms with E-state index in [4.69, 9.17) is 10.00 Å². The van der Waals surface area contributed by atoms with Crippen molar-refractivity contribution >= 4 is 5.69 Å². The van der Waals surface area contributed by atoms with Gasteiger partial charge in [0, 0.05) is 6.54 Å². The number of hydrogen-bond acceptors (Lipinski definition) is 3. The van der Waals surface area contributed by atoms with Crippen LogP contribution in [0.25, 0.3) is 0 Å². The standard InChI is InChI=1S/C17H18N2O/c1-13-3-6-15(12-18)17(11-13)19-10-9-14-4-7-16(20-2)8-5-14/h3-8,11,19H,9-10H2,1-2H3.